The Hall–Kier alpha value is -2.00. The molecular formula is C21H24Cl2N2O5S. The van der Waals surface area contributed by atoms with Crippen molar-refractivity contribution in [2.24, 2.45) is 5.92 Å². The van der Waals surface area contributed by atoms with E-state index in [0.717, 1.165) is 0 Å². The summed E-state index contributed by atoms with van der Waals surface area (Å²) >= 11 is 12.3. The molecule has 2 aromatic carbocycles. The Kier molecular flexibility index (Phi) is 7.69. The molecule has 1 amide bonds. The van der Waals surface area contributed by atoms with Gasteiger partial charge in [-0.25, -0.2) is 12.7 Å². The average Bonchev–Trinajstić information content (AvgIpc) is 2.76. The number of hydrogen-bond donors (Lipinski definition) is 1. The molecule has 1 atom stereocenters. The lowest BCUT2D eigenvalue weighted by molar-refractivity contribution is -0.120. The van der Waals surface area contributed by atoms with E-state index in [1.807, 2.05) is 0 Å². The average molecular weight is 487 g/mol. The summed E-state index contributed by atoms with van der Waals surface area (Å²) in [6, 6.07) is 9.93. The van der Waals surface area contributed by atoms with Crippen LogP contribution in [0.15, 0.2) is 36.4 Å². The van der Waals surface area contributed by atoms with Gasteiger partial charge in [0.25, 0.3) is 0 Å². The smallest absolute Gasteiger partial charge is 0.228 e. The highest BCUT2D eigenvalue weighted by Crippen LogP contribution is 2.31. The van der Waals surface area contributed by atoms with E-state index in [4.69, 9.17) is 32.7 Å². The van der Waals surface area contributed by atoms with Gasteiger partial charge in [-0.3, -0.25) is 4.79 Å². The minimum absolute atomic E-state index is 0.101. The molecule has 0 spiro atoms. The molecule has 1 aliphatic rings. The molecule has 168 valence electrons. The van der Waals surface area contributed by atoms with Gasteiger partial charge in [0.1, 0.15) is 0 Å². The lowest BCUT2D eigenvalue weighted by Gasteiger charge is -2.31. The van der Waals surface area contributed by atoms with E-state index >= 15 is 0 Å². The van der Waals surface area contributed by atoms with Crippen LogP contribution in [0.5, 0.6) is 11.5 Å². The second kappa shape index (κ2) is 10.1. The van der Waals surface area contributed by atoms with E-state index in [9.17, 15) is 13.2 Å². The highest BCUT2D eigenvalue weighted by Gasteiger charge is 2.33. The molecule has 0 radical (unpaired) electrons. The molecule has 3 rings (SSSR count). The number of nitrogens with zero attached hydrogens (tertiary/aromatic N) is 1. The molecule has 31 heavy (non-hydrogen) atoms. The van der Waals surface area contributed by atoms with Gasteiger partial charge in [0.05, 0.1) is 25.9 Å². The van der Waals surface area contributed by atoms with Crippen molar-refractivity contribution in [1.29, 1.82) is 0 Å². The third-order valence-corrected chi connectivity index (χ3v) is 7.67. The standard InChI is InChI=1S/C21H24Cl2N2O5S/c1-29-19-9-8-15(11-20(19)30-2)24-21(26)14-5-4-10-25(12-14)31(27,28)13-16-17(22)6-3-7-18(16)23/h3,6-9,11,14H,4-5,10,12-13H2,1-2H3,(H,24,26)/t14-/m0/s1. The van der Waals surface area contributed by atoms with Crippen molar-refractivity contribution in [2.75, 3.05) is 32.6 Å². The molecule has 10 heteroatoms. The third kappa shape index (κ3) is 5.63. The van der Waals surface area contributed by atoms with Crippen molar-refractivity contribution >= 4 is 44.8 Å². The predicted molar refractivity (Wildman–Crippen MR) is 122 cm³/mol. The minimum atomic E-state index is -3.69. The van der Waals surface area contributed by atoms with Crippen molar-refractivity contribution in [2.45, 2.75) is 18.6 Å². The van der Waals surface area contributed by atoms with E-state index < -0.39 is 15.9 Å². The number of methoxy groups -OCH3 is 2. The molecule has 0 bridgehead atoms. The summed E-state index contributed by atoms with van der Waals surface area (Å²) in [5.74, 6) is 0.00914. The normalized spacial score (nSPS) is 17.2. The Morgan fingerprint density at radius 2 is 1.81 bits per heavy atom. The Morgan fingerprint density at radius 3 is 2.45 bits per heavy atom. The highest BCUT2D eigenvalue weighted by atomic mass is 35.5. The summed E-state index contributed by atoms with van der Waals surface area (Å²) in [6.07, 6.45) is 1.18. The van der Waals surface area contributed by atoms with Crippen LogP contribution < -0.4 is 14.8 Å². The molecule has 1 heterocycles. The fraction of sp³-hybridized carbons (Fsp3) is 0.381. The number of hydrogen-bond acceptors (Lipinski definition) is 5. The number of rotatable bonds is 7. The number of benzene rings is 2. The number of ether oxygens (including phenoxy) is 2. The van der Waals surface area contributed by atoms with Gasteiger partial charge in [0.15, 0.2) is 11.5 Å². The number of halogens is 2. The van der Waals surface area contributed by atoms with Crippen molar-refractivity contribution in [3.05, 3.63) is 52.0 Å². The van der Waals surface area contributed by atoms with Crippen LogP contribution >= 0.6 is 23.2 Å². The Morgan fingerprint density at radius 1 is 1.13 bits per heavy atom. The van der Waals surface area contributed by atoms with Gasteiger partial charge in [-0.1, -0.05) is 29.3 Å². The number of carbonyl (C=O) groups is 1. The Balaban J connectivity index is 1.70. The summed E-state index contributed by atoms with van der Waals surface area (Å²) in [7, 11) is -0.649. The number of anilines is 1. The van der Waals surface area contributed by atoms with Crippen LogP contribution in [0.3, 0.4) is 0 Å². The minimum Gasteiger partial charge on any atom is -0.493 e. The molecule has 0 aromatic heterocycles. The van der Waals surface area contributed by atoms with Gasteiger partial charge in [-0.05, 0) is 37.1 Å². The first-order valence-electron chi connectivity index (χ1n) is 9.68. The van der Waals surface area contributed by atoms with Crippen molar-refractivity contribution in [1.82, 2.24) is 4.31 Å². The van der Waals surface area contributed by atoms with Crippen molar-refractivity contribution in [3.63, 3.8) is 0 Å². The monoisotopic (exact) mass is 486 g/mol. The molecular weight excluding hydrogens is 463 g/mol. The first-order valence-corrected chi connectivity index (χ1v) is 12.0. The zero-order chi connectivity index (χ0) is 22.6. The second-order valence-corrected chi connectivity index (χ2v) is 10.00. The molecule has 1 saturated heterocycles. The van der Waals surface area contributed by atoms with Crippen LogP contribution in [0.4, 0.5) is 5.69 Å². The zero-order valence-corrected chi connectivity index (χ0v) is 19.6. The Labute approximate surface area is 192 Å². The topological polar surface area (TPSA) is 84.9 Å². The molecule has 7 nitrogen and oxygen atoms in total. The lowest BCUT2D eigenvalue weighted by atomic mass is 9.98. The van der Waals surface area contributed by atoms with Gasteiger partial charge < -0.3 is 14.8 Å². The van der Waals surface area contributed by atoms with Gasteiger partial charge in [0.2, 0.25) is 15.9 Å². The van der Waals surface area contributed by atoms with E-state index in [-0.39, 0.29) is 18.2 Å². The van der Waals surface area contributed by atoms with Crippen molar-refractivity contribution < 1.29 is 22.7 Å². The third-order valence-electron chi connectivity index (χ3n) is 5.19. The molecule has 1 N–H and O–H groups in total. The molecule has 2 aromatic rings. The maximum Gasteiger partial charge on any atom is 0.228 e. The van der Waals surface area contributed by atoms with Crippen LogP contribution in [-0.2, 0) is 20.6 Å². The SMILES string of the molecule is COc1ccc(NC(=O)[C@H]2CCCN(S(=O)(=O)Cc3c(Cl)cccc3Cl)C2)cc1OC. The number of piperidine rings is 1. The van der Waals surface area contributed by atoms with E-state index in [1.165, 1.54) is 18.5 Å². The highest BCUT2D eigenvalue weighted by molar-refractivity contribution is 7.88. The Bertz CT molecular complexity index is 1040. The maximum atomic E-state index is 13.0. The first-order chi connectivity index (χ1) is 14.7. The number of nitrogens with one attached hydrogen (secondary N) is 1. The largest absolute Gasteiger partial charge is 0.493 e. The van der Waals surface area contributed by atoms with Gasteiger partial charge in [-0.2, -0.15) is 0 Å². The lowest BCUT2D eigenvalue weighted by Crippen LogP contribution is -2.44. The molecule has 1 aliphatic heterocycles. The second-order valence-electron chi connectivity index (χ2n) is 7.21. The molecule has 0 saturated carbocycles. The quantitative estimate of drug-likeness (QED) is 0.633. The van der Waals surface area contributed by atoms with Gasteiger partial charge >= 0.3 is 0 Å². The summed E-state index contributed by atoms with van der Waals surface area (Å²) in [6.45, 7) is 0.452. The predicted octanol–water partition coefficient (Wildman–Crippen LogP) is 4.19. The summed E-state index contributed by atoms with van der Waals surface area (Å²) in [5, 5.41) is 3.44. The summed E-state index contributed by atoms with van der Waals surface area (Å²) in [5.41, 5.74) is 0.910. The van der Waals surface area contributed by atoms with Crippen LogP contribution in [0, 0.1) is 5.92 Å². The van der Waals surface area contributed by atoms with E-state index in [1.54, 1.807) is 36.4 Å². The molecule has 1 fully saturated rings. The first kappa shape index (κ1) is 23.7. The molecule has 0 unspecified atom stereocenters. The van der Waals surface area contributed by atoms with Gasteiger partial charge in [0, 0.05) is 40.5 Å². The van der Waals surface area contributed by atoms with Crippen LogP contribution in [0.25, 0.3) is 0 Å². The summed E-state index contributed by atoms with van der Waals surface area (Å²) < 4.78 is 37.8. The van der Waals surface area contributed by atoms with E-state index in [0.29, 0.717) is 52.2 Å². The van der Waals surface area contributed by atoms with Crippen LogP contribution in [-0.4, -0.2) is 45.9 Å². The van der Waals surface area contributed by atoms with Gasteiger partial charge in [-0.15, -0.1) is 0 Å². The number of sulfonamides is 1. The van der Waals surface area contributed by atoms with Crippen LogP contribution in [0.2, 0.25) is 10.0 Å². The molecule has 0 aliphatic carbocycles. The fourth-order valence-corrected chi connectivity index (χ4v) is 5.87. The van der Waals surface area contributed by atoms with Crippen LogP contribution in [0.1, 0.15) is 18.4 Å². The number of carbonyl (C=O) groups excluding carboxylic acids is 1. The summed E-state index contributed by atoms with van der Waals surface area (Å²) in [4.78, 5) is 12.8. The van der Waals surface area contributed by atoms with Crippen molar-refractivity contribution in [3.8, 4) is 11.5 Å². The number of amides is 1. The zero-order valence-electron chi connectivity index (χ0n) is 17.2. The maximum absolute atomic E-state index is 13.0. The fourth-order valence-electron chi connectivity index (χ4n) is 3.51. The van der Waals surface area contributed by atoms with E-state index in [2.05, 4.69) is 5.32 Å².